The van der Waals surface area contributed by atoms with E-state index in [2.05, 4.69) is 15.6 Å². The zero-order valence-electron chi connectivity index (χ0n) is 12.3. The van der Waals surface area contributed by atoms with Crippen LogP contribution in [0.1, 0.15) is 28.5 Å². The van der Waals surface area contributed by atoms with E-state index in [1.54, 1.807) is 18.2 Å². The van der Waals surface area contributed by atoms with Gasteiger partial charge in [-0.1, -0.05) is 6.07 Å². The van der Waals surface area contributed by atoms with Crippen molar-refractivity contribution in [3.8, 4) is 0 Å². The molecule has 2 rings (SSSR count). The van der Waals surface area contributed by atoms with E-state index in [4.69, 9.17) is 0 Å². The van der Waals surface area contributed by atoms with Crippen molar-refractivity contribution in [1.29, 1.82) is 0 Å². The van der Waals surface area contributed by atoms with E-state index < -0.39 is 0 Å². The third-order valence-electron chi connectivity index (χ3n) is 3.02. The minimum atomic E-state index is -0.379. The van der Waals surface area contributed by atoms with Crippen LogP contribution in [0.15, 0.2) is 30.3 Å². The zero-order valence-corrected chi connectivity index (χ0v) is 12.3. The fourth-order valence-electron chi connectivity index (χ4n) is 1.99. The summed E-state index contributed by atoms with van der Waals surface area (Å²) in [7, 11) is 0. The van der Waals surface area contributed by atoms with Crippen LogP contribution in [0.3, 0.4) is 0 Å². The van der Waals surface area contributed by atoms with Gasteiger partial charge in [0.05, 0.1) is 0 Å². The van der Waals surface area contributed by atoms with Gasteiger partial charge in [-0.05, 0) is 50.6 Å². The number of hydrogen-bond acceptors (Lipinski definition) is 3. The van der Waals surface area contributed by atoms with Crippen molar-refractivity contribution in [2.24, 2.45) is 0 Å². The second-order valence-electron chi connectivity index (χ2n) is 4.83. The van der Waals surface area contributed by atoms with E-state index in [0.717, 1.165) is 17.8 Å². The average Bonchev–Trinajstić information content (AvgIpc) is 2.42. The van der Waals surface area contributed by atoms with Gasteiger partial charge in [0.1, 0.15) is 11.6 Å². The molecule has 0 aliphatic carbocycles. The van der Waals surface area contributed by atoms with Crippen molar-refractivity contribution in [1.82, 2.24) is 4.98 Å². The molecular formula is C16H18FN3O. The van der Waals surface area contributed by atoms with Crippen LogP contribution in [0, 0.1) is 19.7 Å². The standard InChI is InChI=1S/C16H18FN3O/c1-4-18-15-8-12(7-11(3)19-15)16(21)20-14-9-13(17)6-5-10(14)2/h5-9H,4H2,1-3H3,(H,18,19)(H,20,21). The van der Waals surface area contributed by atoms with E-state index >= 15 is 0 Å². The number of nitrogens with zero attached hydrogens (tertiary/aromatic N) is 1. The lowest BCUT2D eigenvalue weighted by molar-refractivity contribution is 0.102. The fourth-order valence-corrected chi connectivity index (χ4v) is 1.99. The molecule has 0 aliphatic rings. The predicted octanol–water partition coefficient (Wildman–Crippen LogP) is 3.52. The number of hydrogen-bond donors (Lipinski definition) is 2. The SMILES string of the molecule is CCNc1cc(C(=O)Nc2cc(F)ccc2C)cc(C)n1. The van der Waals surface area contributed by atoms with Crippen LogP contribution in [-0.4, -0.2) is 17.4 Å². The van der Waals surface area contributed by atoms with E-state index in [1.165, 1.54) is 12.1 Å². The number of nitrogens with one attached hydrogen (secondary N) is 2. The third kappa shape index (κ3) is 3.78. The highest BCUT2D eigenvalue weighted by Gasteiger charge is 2.10. The number of amides is 1. The monoisotopic (exact) mass is 287 g/mol. The Morgan fingerprint density at radius 3 is 2.71 bits per heavy atom. The predicted molar refractivity (Wildman–Crippen MR) is 82.2 cm³/mol. The Morgan fingerprint density at radius 2 is 2.00 bits per heavy atom. The van der Waals surface area contributed by atoms with Gasteiger partial charge in [-0.2, -0.15) is 0 Å². The van der Waals surface area contributed by atoms with E-state index in [9.17, 15) is 9.18 Å². The maximum absolute atomic E-state index is 13.3. The second kappa shape index (κ2) is 6.35. The Morgan fingerprint density at radius 1 is 1.24 bits per heavy atom. The van der Waals surface area contributed by atoms with Gasteiger partial charge in [0.25, 0.3) is 5.91 Å². The molecule has 0 aliphatic heterocycles. The van der Waals surface area contributed by atoms with Crippen molar-refractivity contribution >= 4 is 17.4 Å². The Kier molecular flexibility index (Phi) is 4.52. The Labute approximate surface area is 123 Å². The lowest BCUT2D eigenvalue weighted by atomic mass is 10.1. The molecule has 0 unspecified atom stereocenters. The lowest BCUT2D eigenvalue weighted by Crippen LogP contribution is -2.14. The molecule has 1 heterocycles. The maximum Gasteiger partial charge on any atom is 0.255 e. The minimum absolute atomic E-state index is 0.284. The minimum Gasteiger partial charge on any atom is -0.370 e. The van der Waals surface area contributed by atoms with Gasteiger partial charge in [0.2, 0.25) is 0 Å². The molecule has 21 heavy (non-hydrogen) atoms. The van der Waals surface area contributed by atoms with Gasteiger partial charge in [-0.15, -0.1) is 0 Å². The lowest BCUT2D eigenvalue weighted by Gasteiger charge is -2.10. The third-order valence-corrected chi connectivity index (χ3v) is 3.02. The van der Waals surface area contributed by atoms with E-state index in [-0.39, 0.29) is 11.7 Å². The molecule has 1 aromatic heterocycles. The molecule has 110 valence electrons. The normalized spacial score (nSPS) is 10.3. The molecular weight excluding hydrogens is 269 g/mol. The first kappa shape index (κ1) is 15.0. The van der Waals surface area contributed by atoms with Crippen LogP contribution in [0.2, 0.25) is 0 Å². The quantitative estimate of drug-likeness (QED) is 0.904. The van der Waals surface area contributed by atoms with Gasteiger partial charge < -0.3 is 10.6 Å². The molecule has 5 heteroatoms. The summed E-state index contributed by atoms with van der Waals surface area (Å²) >= 11 is 0. The highest BCUT2D eigenvalue weighted by atomic mass is 19.1. The van der Waals surface area contributed by atoms with Crippen LogP contribution < -0.4 is 10.6 Å². The Balaban J connectivity index is 2.25. The van der Waals surface area contributed by atoms with E-state index in [1.807, 2.05) is 20.8 Å². The summed E-state index contributed by atoms with van der Waals surface area (Å²) in [5.41, 5.74) is 2.51. The first-order valence-corrected chi connectivity index (χ1v) is 6.79. The second-order valence-corrected chi connectivity index (χ2v) is 4.83. The van der Waals surface area contributed by atoms with Crippen molar-refractivity contribution in [3.05, 3.63) is 53.0 Å². The van der Waals surface area contributed by atoms with Crippen LogP contribution in [0.4, 0.5) is 15.9 Å². The summed E-state index contributed by atoms with van der Waals surface area (Å²) in [6.45, 7) is 6.32. The molecule has 0 radical (unpaired) electrons. The Bertz CT molecular complexity index is 671. The molecule has 0 saturated carbocycles. The largest absolute Gasteiger partial charge is 0.370 e. The van der Waals surface area contributed by atoms with Gasteiger partial charge in [-0.3, -0.25) is 4.79 Å². The average molecular weight is 287 g/mol. The zero-order chi connectivity index (χ0) is 15.4. The molecule has 0 saturated heterocycles. The first-order chi connectivity index (χ1) is 9.99. The molecule has 2 N–H and O–H groups in total. The number of pyridine rings is 1. The molecule has 2 aromatic rings. The number of aryl methyl sites for hydroxylation is 2. The molecule has 0 fully saturated rings. The Hall–Kier alpha value is -2.43. The summed E-state index contributed by atoms with van der Waals surface area (Å²) in [4.78, 5) is 16.6. The van der Waals surface area contributed by atoms with Crippen LogP contribution in [-0.2, 0) is 0 Å². The topological polar surface area (TPSA) is 54.0 Å². The summed E-state index contributed by atoms with van der Waals surface area (Å²) < 4.78 is 13.3. The number of rotatable bonds is 4. The molecule has 0 bridgehead atoms. The first-order valence-electron chi connectivity index (χ1n) is 6.79. The molecule has 1 amide bonds. The van der Waals surface area contributed by atoms with Crippen molar-refractivity contribution < 1.29 is 9.18 Å². The van der Waals surface area contributed by atoms with Gasteiger partial charge in [0, 0.05) is 23.5 Å². The van der Waals surface area contributed by atoms with Crippen LogP contribution in [0.25, 0.3) is 0 Å². The molecule has 0 atom stereocenters. The van der Waals surface area contributed by atoms with Crippen molar-refractivity contribution in [2.75, 3.05) is 17.2 Å². The number of halogens is 1. The summed E-state index contributed by atoms with van der Waals surface area (Å²) in [5.74, 6) is -0.0119. The van der Waals surface area contributed by atoms with Crippen molar-refractivity contribution in [3.63, 3.8) is 0 Å². The molecule has 0 spiro atoms. The van der Waals surface area contributed by atoms with Crippen molar-refractivity contribution in [2.45, 2.75) is 20.8 Å². The summed E-state index contributed by atoms with van der Waals surface area (Å²) in [6.07, 6.45) is 0. The smallest absolute Gasteiger partial charge is 0.255 e. The molecule has 4 nitrogen and oxygen atoms in total. The highest BCUT2D eigenvalue weighted by Crippen LogP contribution is 2.18. The van der Waals surface area contributed by atoms with E-state index in [0.29, 0.717) is 17.1 Å². The van der Waals surface area contributed by atoms with Gasteiger partial charge in [-0.25, -0.2) is 9.37 Å². The van der Waals surface area contributed by atoms with Crippen LogP contribution in [0.5, 0.6) is 0 Å². The summed E-state index contributed by atoms with van der Waals surface area (Å²) in [5, 5.41) is 5.81. The number of benzene rings is 1. The molecule has 1 aromatic carbocycles. The van der Waals surface area contributed by atoms with Crippen LogP contribution >= 0.6 is 0 Å². The summed E-state index contributed by atoms with van der Waals surface area (Å²) in [6, 6.07) is 7.69. The number of anilines is 2. The maximum atomic E-state index is 13.3. The number of carbonyl (C=O) groups excluding carboxylic acids is 1. The van der Waals surface area contributed by atoms with Gasteiger partial charge >= 0.3 is 0 Å². The highest BCUT2D eigenvalue weighted by molar-refractivity contribution is 6.05. The fraction of sp³-hybridized carbons (Fsp3) is 0.250. The van der Waals surface area contributed by atoms with Gasteiger partial charge in [0.15, 0.2) is 0 Å². The number of carbonyl (C=O) groups is 1. The number of aromatic nitrogens is 1.